The normalized spacial score (nSPS) is 11.5. The number of nitrogens with zero attached hydrogens (tertiary/aromatic N) is 2. The molecule has 0 saturated heterocycles. The minimum atomic E-state index is -0.483. The number of hydrogen-bond donors (Lipinski definition) is 1. The van der Waals surface area contributed by atoms with Gasteiger partial charge >= 0.3 is 0 Å². The molecule has 0 unspecified atom stereocenters. The van der Waals surface area contributed by atoms with Gasteiger partial charge in [0.15, 0.2) is 0 Å². The predicted octanol–water partition coefficient (Wildman–Crippen LogP) is 3.20. The third-order valence-corrected chi connectivity index (χ3v) is 4.26. The maximum atomic E-state index is 12.3. The third kappa shape index (κ3) is 4.80. The molecule has 0 spiro atoms. The van der Waals surface area contributed by atoms with Crippen LogP contribution in [-0.2, 0) is 4.79 Å². The van der Waals surface area contributed by atoms with Gasteiger partial charge in [0, 0.05) is 29.8 Å². The lowest BCUT2D eigenvalue weighted by molar-refractivity contribution is -0.384. The standard InChI is InChI=1S/C18H18ClN3O4/c1-12(13-5-4-8-16(10-13)22(25)26)21(2)17(23)11-20-18(24)14-6-3-7-15(19)9-14/h3-10,12H,11H2,1-2H3,(H,20,24)/t12-/m0/s1. The molecule has 26 heavy (non-hydrogen) atoms. The van der Waals surface area contributed by atoms with Crippen LogP contribution >= 0.6 is 11.6 Å². The summed E-state index contributed by atoms with van der Waals surface area (Å²) in [6.45, 7) is 1.57. The second-order valence-corrected chi connectivity index (χ2v) is 6.16. The van der Waals surface area contributed by atoms with E-state index in [1.807, 2.05) is 0 Å². The summed E-state index contributed by atoms with van der Waals surface area (Å²) < 4.78 is 0. The number of nitrogens with one attached hydrogen (secondary N) is 1. The number of amides is 2. The van der Waals surface area contributed by atoms with Crippen molar-refractivity contribution < 1.29 is 14.5 Å². The van der Waals surface area contributed by atoms with Crippen molar-refractivity contribution in [2.75, 3.05) is 13.6 Å². The topological polar surface area (TPSA) is 92.6 Å². The molecule has 136 valence electrons. The second-order valence-electron chi connectivity index (χ2n) is 5.73. The van der Waals surface area contributed by atoms with E-state index < -0.39 is 10.8 Å². The number of likely N-dealkylation sites (N-methyl/N-ethyl adjacent to an activating group) is 1. The molecule has 2 aromatic rings. The summed E-state index contributed by atoms with van der Waals surface area (Å²) in [5, 5.41) is 13.9. The molecule has 1 atom stereocenters. The van der Waals surface area contributed by atoms with Crippen molar-refractivity contribution in [2.45, 2.75) is 13.0 Å². The van der Waals surface area contributed by atoms with Crippen LogP contribution in [0.2, 0.25) is 5.02 Å². The summed E-state index contributed by atoms with van der Waals surface area (Å²) in [5.74, 6) is -0.725. The van der Waals surface area contributed by atoms with Gasteiger partial charge in [-0.25, -0.2) is 0 Å². The number of nitro groups is 1. The van der Waals surface area contributed by atoms with Crippen LogP contribution in [0.1, 0.15) is 28.9 Å². The molecule has 1 N–H and O–H groups in total. The molecular weight excluding hydrogens is 358 g/mol. The van der Waals surface area contributed by atoms with Gasteiger partial charge in [-0.05, 0) is 30.7 Å². The smallest absolute Gasteiger partial charge is 0.269 e. The van der Waals surface area contributed by atoms with Crippen molar-refractivity contribution in [1.29, 1.82) is 0 Å². The van der Waals surface area contributed by atoms with Crippen LogP contribution in [-0.4, -0.2) is 35.2 Å². The first-order valence-electron chi connectivity index (χ1n) is 7.83. The number of hydrogen-bond acceptors (Lipinski definition) is 4. The van der Waals surface area contributed by atoms with Gasteiger partial charge in [0.25, 0.3) is 11.6 Å². The molecule has 7 nitrogen and oxygen atoms in total. The molecular formula is C18H18ClN3O4. The lowest BCUT2D eigenvalue weighted by Crippen LogP contribution is -2.39. The highest BCUT2D eigenvalue weighted by atomic mass is 35.5. The number of rotatable bonds is 6. The fraction of sp³-hybridized carbons (Fsp3) is 0.222. The Morgan fingerprint density at radius 3 is 2.58 bits per heavy atom. The highest BCUT2D eigenvalue weighted by Crippen LogP contribution is 2.23. The zero-order chi connectivity index (χ0) is 19.3. The number of carbonyl (C=O) groups is 2. The van der Waals surface area contributed by atoms with E-state index in [0.717, 1.165) is 0 Å². The molecule has 8 heteroatoms. The first kappa shape index (κ1) is 19.4. The van der Waals surface area contributed by atoms with Gasteiger partial charge in [-0.15, -0.1) is 0 Å². The van der Waals surface area contributed by atoms with Crippen LogP contribution in [0.15, 0.2) is 48.5 Å². The Hall–Kier alpha value is -2.93. The number of carbonyl (C=O) groups excluding carboxylic acids is 2. The zero-order valence-corrected chi connectivity index (χ0v) is 15.1. The average Bonchev–Trinajstić information content (AvgIpc) is 2.64. The highest BCUT2D eigenvalue weighted by molar-refractivity contribution is 6.30. The van der Waals surface area contributed by atoms with E-state index in [0.29, 0.717) is 16.1 Å². The minimum absolute atomic E-state index is 0.0375. The largest absolute Gasteiger partial charge is 0.343 e. The molecule has 0 aromatic heterocycles. The maximum absolute atomic E-state index is 12.3. The van der Waals surface area contributed by atoms with Gasteiger partial charge in [-0.1, -0.05) is 29.8 Å². The average molecular weight is 376 g/mol. The first-order chi connectivity index (χ1) is 12.3. The zero-order valence-electron chi connectivity index (χ0n) is 14.3. The number of non-ortho nitro benzene ring substituents is 1. The molecule has 0 fully saturated rings. The van der Waals surface area contributed by atoms with Crippen LogP contribution in [0.3, 0.4) is 0 Å². The van der Waals surface area contributed by atoms with Crippen molar-refractivity contribution >= 4 is 29.1 Å². The van der Waals surface area contributed by atoms with E-state index in [1.165, 1.54) is 23.1 Å². The second kappa shape index (κ2) is 8.44. The Morgan fingerprint density at radius 1 is 1.23 bits per heavy atom. The van der Waals surface area contributed by atoms with Gasteiger partial charge < -0.3 is 10.2 Å². The van der Waals surface area contributed by atoms with Crippen LogP contribution < -0.4 is 5.32 Å². The lowest BCUT2D eigenvalue weighted by atomic mass is 10.1. The molecule has 0 radical (unpaired) electrons. The van der Waals surface area contributed by atoms with Gasteiger partial charge in [-0.3, -0.25) is 19.7 Å². The van der Waals surface area contributed by atoms with E-state index in [9.17, 15) is 19.7 Å². The fourth-order valence-corrected chi connectivity index (χ4v) is 2.54. The van der Waals surface area contributed by atoms with Crippen molar-refractivity contribution in [1.82, 2.24) is 10.2 Å². The maximum Gasteiger partial charge on any atom is 0.269 e. The van der Waals surface area contributed by atoms with Crippen LogP contribution in [0.25, 0.3) is 0 Å². The van der Waals surface area contributed by atoms with E-state index in [4.69, 9.17) is 11.6 Å². The highest BCUT2D eigenvalue weighted by Gasteiger charge is 2.20. The quantitative estimate of drug-likeness (QED) is 0.619. The Labute approximate surface area is 155 Å². The molecule has 0 aliphatic carbocycles. The molecule has 0 saturated carbocycles. The molecule has 0 aliphatic rings. The molecule has 0 heterocycles. The van der Waals surface area contributed by atoms with Crippen LogP contribution in [0.4, 0.5) is 5.69 Å². The predicted molar refractivity (Wildman–Crippen MR) is 98.1 cm³/mol. The van der Waals surface area contributed by atoms with Crippen molar-refractivity contribution in [3.63, 3.8) is 0 Å². The van der Waals surface area contributed by atoms with Crippen molar-refractivity contribution in [3.05, 3.63) is 74.8 Å². The van der Waals surface area contributed by atoms with Crippen molar-refractivity contribution in [2.24, 2.45) is 0 Å². The third-order valence-electron chi connectivity index (χ3n) is 4.02. The Kier molecular flexibility index (Phi) is 6.30. The number of halogens is 1. The number of nitro benzene ring substituents is 1. The van der Waals surface area contributed by atoms with E-state index in [2.05, 4.69) is 5.32 Å². The lowest BCUT2D eigenvalue weighted by Gasteiger charge is -2.25. The first-order valence-corrected chi connectivity index (χ1v) is 8.21. The molecule has 2 amide bonds. The van der Waals surface area contributed by atoms with Gasteiger partial charge in [0.2, 0.25) is 5.91 Å². The molecule has 0 bridgehead atoms. The Bertz CT molecular complexity index is 841. The summed E-state index contributed by atoms with van der Waals surface area (Å²) in [7, 11) is 1.58. The Balaban J connectivity index is 1.99. The summed E-state index contributed by atoms with van der Waals surface area (Å²) in [4.78, 5) is 36.2. The fourth-order valence-electron chi connectivity index (χ4n) is 2.35. The molecule has 2 aromatic carbocycles. The summed E-state index contributed by atoms with van der Waals surface area (Å²) in [6.07, 6.45) is 0. The summed E-state index contributed by atoms with van der Waals surface area (Å²) >= 11 is 5.84. The van der Waals surface area contributed by atoms with E-state index in [-0.39, 0.29) is 24.2 Å². The minimum Gasteiger partial charge on any atom is -0.343 e. The molecule has 0 aliphatic heterocycles. The monoisotopic (exact) mass is 375 g/mol. The SMILES string of the molecule is C[C@@H](c1cccc([N+](=O)[O-])c1)N(C)C(=O)CNC(=O)c1cccc(Cl)c1. The van der Waals surface area contributed by atoms with E-state index in [1.54, 1.807) is 44.3 Å². The number of benzene rings is 2. The summed E-state index contributed by atoms with van der Waals surface area (Å²) in [5.41, 5.74) is 0.959. The Morgan fingerprint density at radius 2 is 1.92 bits per heavy atom. The van der Waals surface area contributed by atoms with Crippen LogP contribution in [0, 0.1) is 10.1 Å². The van der Waals surface area contributed by atoms with E-state index >= 15 is 0 Å². The van der Waals surface area contributed by atoms with Gasteiger partial charge in [0.1, 0.15) is 0 Å². The van der Waals surface area contributed by atoms with Gasteiger partial charge in [-0.2, -0.15) is 0 Å². The molecule has 2 rings (SSSR count). The summed E-state index contributed by atoms with van der Waals surface area (Å²) in [6, 6.07) is 12.1. The van der Waals surface area contributed by atoms with Crippen LogP contribution in [0.5, 0.6) is 0 Å². The van der Waals surface area contributed by atoms with Gasteiger partial charge in [0.05, 0.1) is 17.5 Å². The van der Waals surface area contributed by atoms with Crippen molar-refractivity contribution in [3.8, 4) is 0 Å².